The number of carbonyl (C=O) groups is 1. The molecule has 2 aromatic heterocycles. The molecule has 164 valence electrons. The number of nitrogens with one attached hydrogen (secondary N) is 3. The Morgan fingerprint density at radius 3 is 2.56 bits per heavy atom. The second-order valence-corrected chi connectivity index (χ2v) is 8.28. The van der Waals surface area contributed by atoms with Crippen LogP contribution in [0.1, 0.15) is 10.4 Å². The molecule has 0 spiro atoms. The summed E-state index contributed by atoms with van der Waals surface area (Å²) < 4.78 is 19.1. The molecule has 0 bridgehead atoms. The van der Waals surface area contributed by atoms with Crippen molar-refractivity contribution in [1.82, 2.24) is 15.0 Å². The van der Waals surface area contributed by atoms with Gasteiger partial charge in [0.2, 0.25) is 5.95 Å². The molecule has 0 radical (unpaired) electrons. The van der Waals surface area contributed by atoms with Crippen molar-refractivity contribution in [1.29, 1.82) is 0 Å². The summed E-state index contributed by atoms with van der Waals surface area (Å²) in [6, 6.07) is 10.3. The van der Waals surface area contributed by atoms with Crippen LogP contribution in [0.15, 0.2) is 53.3 Å². The van der Waals surface area contributed by atoms with Crippen molar-refractivity contribution in [2.24, 2.45) is 0 Å². The topological polar surface area (TPSA) is 91.9 Å². The van der Waals surface area contributed by atoms with Gasteiger partial charge in [0, 0.05) is 28.6 Å². The van der Waals surface area contributed by atoms with E-state index < -0.39 is 12.6 Å². The van der Waals surface area contributed by atoms with Crippen LogP contribution in [-0.2, 0) is 0 Å². The van der Waals surface area contributed by atoms with E-state index in [1.807, 2.05) is 12.1 Å². The van der Waals surface area contributed by atoms with E-state index in [9.17, 15) is 9.18 Å². The number of benzene rings is 2. The highest BCUT2D eigenvalue weighted by molar-refractivity contribution is 9.10. The molecule has 3 N–H and O–H groups in total. The first-order valence-corrected chi connectivity index (χ1v) is 10.8. The lowest BCUT2D eigenvalue weighted by molar-refractivity contribution is 0.102. The average Bonchev–Trinajstić information content (AvgIpc) is 3.17. The van der Waals surface area contributed by atoms with Crippen molar-refractivity contribution in [2.45, 2.75) is 0 Å². The second kappa shape index (κ2) is 9.72. The molecule has 4 rings (SSSR count). The van der Waals surface area contributed by atoms with Crippen molar-refractivity contribution in [3.05, 3.63) is 68.9 Å². The van der Waals surface area contributed by atoms with E-state index in [2.05, 4.69) is 41.5 Å². The van der Waals surface area contributed by atoms with E-state index in [4.69, 9.17) is 27.9 Å². The number of alkyl halides is 1. The third-order valence-electron chi connectivity index (χ3n) is 4.36. The number of hydrogen-bond acceptors (Lipinski definition) is 5. The number of halogens is 4. The van der Waals surface area contributed by atoms with Gasteiger partial charge in [0.25, 0.3) is 5.91 Å². The predicted octanol–water partition coefficient (Wildman–Crippen LogP) is 6.37. The molecule has 0 aliphatic carbocycles. The summed E-state index contributed by atoms with van der Waals surface area (Å²) in [6.07, 6.45) is 2.90. The van der Waals surface area contributed by atoms with Crippen molar-refractivity contribution in [3.63, 3.8) is 0 Å². The molecular weight excluding hydrogens is 524 g/mol. The maximum absolute atomic E-state index is 12.9. The maximum Gasteiger partial charge on any atom is 0.259 e. The zero-order valence-corrected chi connectivity index (χ0v) is 19.4. The van der Waals surface area contributed by atoms with Gasteiger partial charge in [-0.15, -0.1) is 0 Å². The van der Waals surface area contributed by atoms with E-state index in [1.54, 1.807) is 24.3 Å². The SMILES string of the molecule is O=C(Nc1ccc(Br)cc1)c1cc2[nH]c(Nc3c(Cl)cncc3Cl)nc2cc1OCCF. The van der Waals surface area contributed by atoms with E-state index in [0.717, 1.165) is 4.47 Å². The third kappa shape index (κ3) is 4.95. The lowest BCUT2D eigenvalue weighted by atomic mass is 10.1. The normalized spacial score (nSPS) is 10.9. The number of hydrogen-bond donors (Lipinski definition) is 3. The van der Waals surface area contributed by atoms with Crippen molar-refractivity contribution < 1.29 is 13.9 Å². The number of H-pyrrole nitrogens is 1. The first-order valence-electron chi connectivity index (χ1n) is 9.30. The molecule has 11 heteroatoms. The molecule has 4 aromatic rings. The van der Waals surface area contributed by atoms with E-state index in [0.29, 0.717) is 38.4 Å². The number of carbonyl (C=O) groups excluding carboxylic acids is 1. The fourth-order valence-corrected chi connectivity index (χ4v) is 3.65. The Morgan fingerprint density at radius 2 is 1.88 bits per heavy atom. The predicted molar refractivity (Wildman–Crippen MR) is 127 cm³/mol. The lowest BCUT2D eigenvalue weighted by Gasteiger charge is -2.11. The Balaban J connectivity index is 1.68. The number of aromatic amines is 1. The smallest absolute Gasteiger partial charge is 0.259 e. The quantitative estimate of drug-likeness (QED) is 0.254. The summed E-state index contributed by atoms with van der Waals surface area (Å²) in [5, 5.41) is 6.45. The molecule has 0 aliphatic rings. The Bertz CT molecular complexity index is 1260. The van der Waals surface area contributed by atoms with Crippen molar-refractivity contribution in [2.75, 3.05) is 23.9 Å². The minimum atomic E-state index is -0.696. The first kappa shape index (κ1) is 22.3. The van der Waals surface area contributed by atoms with Crippen LogP contribution in [0.5, 0.6) is 5.75 Å². The number of rotatable bonds is 7. The first-order chi connectivity index (χ1) is 15.4. The number of ether oxygens (including phenoxy) is 1. The fourth-order valence-electron chi connectivity index (χ4n) is 2.92. The number of imidazole rings is 1. The van der Waals surface area contributed by atoms with Gasteiger partial charge >= 0.3 is 0 Å². The van der Waals surface area contributed by atoms with Crippen LogP contribution in [0.25, 0.3) is 11.0 Å². The van der Waals surface area contributed by atoms with Gasteiger partial charge in [-0.25, -0.2) is 9.37 Å². The van der Waals surface area contributed by atoms with Crippen LogP contribution in [-0.4, -0.2) is 34.1 Å². The van der Waals surface area contributed by atoms with E-state index in [-0.39, 0.29) is 17.9 Å². The van der Waals surface area contributed by atoms with Crippen LogP contribution in [0.3, 0.4) is 0 Å². The van der Waals surface area contributed by atoms with Gasteiger partial charge in [0.05, 0.1) is 32.3 Å². The Kier molecular flexibility index (Phi) is 6.78. The minimum absolute atomic E-state index is 0.193. The highest BCUT2D eigenvalue weighted by atomic mass is 79.9. The molecular formula is C21H15BrCl2FN5O2. The second-order valence-electron chi connectivity index (χ2n) is 6.55. The standard InChI is InChI=1S/C21H15BrCl2FN5O2/c22-11-1-3-12(4-2-11)27-20(31)13-7-16-17(8-18(13)32-6-5-25)29-21(28-16)30-19-14(23)9-26-10-15(19)24/h1-4,7-10H,5-6H2,(H,27,31)(H2,26,28,29,30). The maximum atomic E-state index is 12.9. The van der Waals surface area contributed by atoms with E-state index >= 15 is 0 Å². The van der Waals surface area contributed by atoms with Gasteiger partial charge in [-0.2, -0.15) is 0 Å². The summed E-state index contributed by atoms with van der Waals surface area (Å²) in [5.41, 5.74) is 2.32. The highest BCUT2D eigenvalue weighted by Crippen LogP contribution is 2.32. The number of fused-ring (bicyclic) bond motifs is 1. The molecule has 0 saturated carbocycles. The minimum Gasteiger partial charge on any atom is -0.490 e. The van der Waals surface area contributed by atoms with Crippen molar-refractivity contribution >= 4 is 73.4 Å². The van der Waals surface area contributed by atoms with Crippen LogP contribution in [0, 0.1) is 0 Å². The lowest BCUT2D eigenvalue weighted by Crippen LogP contribution is -2.14. The Labute approximate surface area is 200 Å². The Morgan fingerprint density at radius 1 is 1.16 bits per heavy atom. The molecule has 0 fully saturated rings. The molecule has 2 heterocycles. The molecule has 1 amide bonds. The summed E-state index contributed by atoms with van der Waals surface area (Å²) in [4.78, 5) is 24.3. The largest absolute Gasteiger partial charge is 0.490 e. The number of amides is 1. The van der Waals surface area contributed by atoms with Crippen LogP contribution in [0.2, 0.25) is 10.0 Å². The molecule has 0 atom stereocenters. The van der Waals surface area contributed by atoms with E-state index in [1.165, 1.54) is 12.4 Å². The summed E-state index contributed by atoms with van der Waals surface area (Å²) in [6.45, 7) is -0.889. The summed E-state index contributed by atoms with van der Waals surface area (Å²) >= 11 is 15.7. The van der Waals surface area contributed by atoms with Crippen LogP contribution >= 0.6 is 39.1 Å². The fraction of sp³-hybridized carbons (Fsp3) is 0.0952. The monoisotopic (exact) mass is 537 g/mol. The number of aromatic nitrogens is 3. The molecule has 7 nitrogen and oxygen atoms in total. The summed E-state index contributed by atoms with van der Waals surface area (Å²) in [7, 11) is 0. The Hall–Kier alpha value is -2.88. The molecule has 0 aliphatic heterocycles. The van der Waals surface area contributed by atoms with Gasteiger partial charge in [-0.3, -0.25) is 9.78 Å². The molecule has 0 saturated heterocycles. The van der Waals surface area contributed by atoms with Gasteiger partial charge in [0.15, 0.2) is 0 Å². The van der Waals surface area contributed by atoms with Crippen LogP contribution in [0.4, 0.5) is 21.7 Å². The number of pyridine rings is 1. The number of nitrogens with zero attached hydrogens (tertiary/aromatic N) is 2. The molecule has 0 unspecified atom stereocenters. The van der Waals surface area contributed by atoms with Gasteiger partial charge in [0.1, 0.15) is 19.0 Å². The molecule has 2 aromatic carbocycles. The van der Waals surface area contributed by atoms with Gasteiger partial charge < -0.3 is 20.4 Å². The van der Waals surface area contributed by atoms with Gasteiger partial charge in [-0.1, -0.05) is 39.1 Å². The zero-order chi connectivity index (χ0) is 22.7. The zero-order valence-electron chi connectivity index (χ0n) is 16.3. The van der Waals surface area contributed by atoms with Crippen molar-refractivity contribution in [3.8, 4) is 5.75 Å². The average molecular weight is 539 g/mol. The third-order valence-corrected chi connectivity index (χ3v) is 5.46. The highest BCUT2D eigenvalue weighted by Gasteiger charge is 2.18. The van der Waals surface area contributed by atoms with Crippen LogP contribution < -0.4 is 15.4 Å². The summed E-state index contributed by atoms with van der Waals surface area (Å²) in [5.74, 6) is 0.145. The number of anilines is 3. The van der Waals surface area contributed by atoms with Gasteiger partial charge in [-0.05, 0) is 30.3 Å². The molecule has 32 heavy (non-hydrogen) atoms.